The van der Waals surface area contributed by atoms with E-state index >= 15 is 0 Å². The Kier molecular flexibility index (Phi) is 6.36. The van der Waals surface area contributed by atoms with E-state index in [2.05, 4.69) is 15.5 Å². The third-order valence-corrected chi connectivity index (χ3v) is 6.08. The minimum atomic E-state index is -0.206. The molecule has 180 valence electrons. The number of carbonyl (C=O) groups is 1. The number of hydrogen-bond acceptors (Lipinski definition) is 5. The lowest BCUT2D eigenvalue weighted by Gasteiger charge is -2.12. The molecular formula is C29H26N4O3. The fraction of sp³-hybridized carbons (Fsp3) is 0.138. The molecule has 0 saturated heterocycles. The minimum Gasteiger partial charge on any atom is -0.493 e. The predicted molar refractivity (Wildman–Crippen MR) is 140 cm³/mol. The number of hydrogen-bond donors (Lipinski definition) is 2. The molecule has 2 N–H and O–H groups in total. The van der Waals surface area contributed by atoms with Crippen LogP contribution in [0.25, 0.3) is 33.5 Å². The van der Waals surface area contributed by atoms with Crippen LogP contribution in [0.2, 0.25) is 0 Å². The van der Waals surface area contributed by atoms with Crippen molar-refractivity contribution in [3.8, 4) is 34.0 Å². The average Bonchev–Trinajstić information content (AvgIpc) is 3.36. The number of benzene rings is 3. The molecule has 36 heavy (non-hydrogen) atoms. The zero-order valence-corrected chi connectivity index (χ0v) is 20.3. The summed E-state index contributed by atoms with van der Waals surface area (Å²) in [7, 11) is 3.18. The lowest BCUT2D eigenvalue weighted by Crippen LogP contribution is -2.23. The molecule has 0 atom stereocenters. The second-order valence-electron chi connectivity index (χ2n) is 8.46. The van der Waals surface area contributed by atoms with Gasteiger partial charge in [-0.05, 0) is 36.8 Å². The lowest BCUT2D eigenvalue weighted by atomic mass is 10.0. The first-order chi connectivity index (χ1) is 17.6. The SMILES string of the molecule is COc1ccc(-c2cc(C(=O)NCc3ccccc3)c3c(-c4ccc(C)cc4)[nH]nc3n2)cc1OC. The molecule has 0 saturated carbocycles. The smallest absolute Gasteiger partial charge is 0.252 e. The van der Waals surface area contributed by atoms with Crippen LogP contribution in [0.1, 0.15) is 21.5 Å². The van der Waals surface area contributed by atoms with Gasteiger partial charge in [-0.25, -0.2) is 4.98 Å². The van der Waals surface area contributed by atoms with Gasteiger partial charge in [0.2, 0.25) is 0 Å². The van der Waals surface area contributed by atoms with Gasteiger partial charge in [0.15, 0.2) is 17.1 Å². The quantitative estimate of drug-likeness (QED) is 0.320. The van der Waals surface area contributed by atoms with E-state index in [4.69, 9.17) is 14.5 Å². The number of H-pyrrole nitrogens is 1. The molecule has 0 aliphatic rings. The van der Waals surface area contributed by atoms with Gasteiger partial charge in [-0.2, -0.15) is 5.10 Å². The van der Waals surface area contributed by atoms with Crippen molar-refractivity contribution in [3.05, 3.63) is 95.6 Å². The molecule has 0 bridgehead atoms. The molecule has 5 aromatic rings. The van der Waals surface area contributed by atoms with Crippen LogP contribution >= 0.6 is 0 Å². The first kappa shape index (κ1) is 23.1. The van der Waals surface area contributed by atoms with Crippen molar-refractivity contribution in [2.45, 2.75) is 13.5 Å². The zero-order valence-electron chi connectivity index (χ0n) is 20.3. The number of methoxy groups -OCH3 is 2. The molecule has 7 heteroatoms. The first-order valence-electron chi connectivity index (χ1n) is 11.6. The van der Waals surface area contributed by atoms with Crippen LogP contribution in [-0.2, 0) is 6.54 Å². The maximum Gasteiger partial charge on any atom is 0.252 e. The van der Waals surface area contributed by atoms with Gasteiger partial charge in [-0.1, -0.05) is 60.2 Å². The Morgan fingerprint density at radius 3 is 2.33 bits per heavy atom. The van der Waals surface area contributed by atoms with E-state index in [1.54, 1.807) is 20.3 Å². The molecule has 2 aromatic heterocycles. The molecule has 0 fully saturated rings. The van der Waals surface area contributed by atoms with Crippen LogP contribution in [0.4, 0.5) is 0 Å². The second-order valence-corrected chi connectivity index (χ2v) is 8.46. The van der Waals surface area contributed by atoms with Crippen LogP contribution in [0.3, 0.4) is 0 Å². The molecule has 3 aromatic carbocycles. The summed E-state index contributed by atoms with van der Waals surface area (Å²) in [6.45, 7) is 2.45. The van der Waals surface area contributed by atoms with Crippen molar-refractivity contribution < 1.29 is 14.3 Å². The van der Waals surface area contributed by atoms with Crippen molar-refractivity contribution >= 4 is 16.9 Å². The molecule has 1 amide bonds. The van der Waals surface area contributed by atoms with E-state index in [0.29, 0.717) is 40.3 Å². The summed E-state index contributed by atoms with van der Waals surface area (Å²) in [5, 5.41) is 11.3. The number of pyridine rings is 1. The number of rotatable bonds is 7. The average molecular weight is 479 g/mol. The first-order valence-corrected chi connectivity index (χ1v) is 11.6. The van der Waals surface area contributed by atoms with E-state index in [0.717, 1.165) is 27.9 Å². The number of aromatic amines is 1. The predicted octanol–water partition coefficient (Wildman–Crippen LogP) is 5.55. The number of aryl methyl sites for hydroxylation is 1. The van der Waals surface area contributed by atoms with Gasteiger partial charge >= 0.3 is 0 Å². The van der Waals surface area contributed by atoms with Crippen molar-refractivity contribution in [3.63, 3.8) is 0 Å². The molecule has 5 rings (SSSR count). The highest BCUT2D eigenvalue weighted by Gasteiger charge is 2.21. The van der Waals surface area contributed by atoms with Crippen LogP contribution in [0, 0.1) is 6.92 Å². The standard InChI is InChI=1S/C29H26N4O3/c1-18-9-11-20(12-10-18)27-26-22(29(34)30-17-19-7-5-4-6-8-19)16-23(31-28(26)33-32-27)21-13-14-24(35-2)25(15-21)36-3/h4-16H,17H2,1-3H3,(H,30,34)(H,31,32,33). The van der Waals surface area contributed by atoms with Crippen LogP contribution in [0.15, 0.2) is 78.9 Å². The summed E-state index contributed by atoms with van der Waals surface area (Å²) in [4.78, 5) is 18.3. The summed E-state index contributed by atoms with van der Waals surface area (Å²) < 4.78 is 10.8. The summed E-state index contributed by atoms with van der Waals surface area (Å²) >= 11 is 0. The molecule has 7 nitrogen and oxygen atoms in total. The van der Waals surface area contributed by atoms with Gasteiger partial charge in [0.1, 0.15) is 0 Å². The van der Waals surface area contributed by atoms with Crippen molar-refractivity contribution in [2.75, 3.05) is 14.2 Å². The van der Waals surface area contributed by atoms with Gasteiger partial charge in [0.05, 0.1) is 36.6 Å². The number of amides is 1. The van der Waals surface area contributed by atoms with Crippen LogP contribution < -0.4 is 14.8 Å². The number of nitrogens with zero attached hydrogens (tertiary/aromatic N) is 2. The maximum absolute atomic E-state index is 13.5. The second kappa shape index (κ2) is 9.92. The molecule has 0 aliphatic carbocycles. The Bertz CT molecular complexity index is 1530. The summed E-state index contributed by atoms with van der Waals surface area (Å²) in [6, 6.07) is 25.2. The number of ether oxygens (including phenoxy) is 2. The number of nitrogens with one attached hydrogen (secondary N) is 2. The third kappa shape index (κ3) is 4.51. The van der Waals surface area contributed by atoms with Crippen LogP contribution in [0.5, 0.6) is 11.5 Å². The molecule has 0 spiro atoms. The molecule has 0 aliphatic heterocycles. The van der Waals surface area contributed by atoms with E-state index < -0.39 is 0 Å². The monoisotopic (exact) mass is 478 g/mol. The van der Waals surface area contributed by atoms with E-state index in [-0.39, 0.29) is 5.91 Å². The molecular weight excluding hydrogens is 452 g/mol. The minimum absolute atomic E-state index is 0.206. The van der Waals surface area contributed by atoms with Crippen LogP contribution in [-0.4, -0.2) is 35.3 Å². The molecule has 0 radical (unpaired) electrons. The van der Waals surface area contributed by atoms with E-state index in [9.17, 15) is 4.79 Å². The Labute approximate surface area is 209 Å². The van der Waals surface area contributed by atoms with E-state index in [1.807, 2.05) is 79.7 Å². The third-order valence-electron chi connectivity index (χ3n) is 6.08. The Hall–Kier alpha value is -4.65. The van der Waals surface area contributed by atoms with Crippen molar-refractivity contribution in [1.29, 1.82) is 0 Å². The van der Waals surface area contributed by atoms with Gasteiger partial charge in [0, 0.05) is 17.7 Å². The number of fused-ring (bicyclic) bond motifs is 1. The Morgan fingerprint density at radius 2 is 1.61 bits per heavy atom. The highest BCUT2D eigenvalue weighted by molar-refractivity contribution is 6.11. The van der Waals surface area contributed by atoms with Crippen molar-refractivity contribution in [1.82, 2.24) is 20.5 Å². The molecule has 0 unspecified atom stereocenters. The summed E-state index contributed by atoms with van der Waals surface area (Å²) in [5.41, 5.74) is 6.19. The maximum atomic E-state index is 13.5. The largest absolute Gasteiger partial charge is 0.493 e. The highest BCUT2D eigenvalue weighted by atomic mass is 16.5. The fourth-order valence-corrected chi connectivity index (χ4v) is 4.15. The summed E-state index contributed by atoms with van der Waals surface area (Å²) in [5.74, 6) is 0.988. The fourth-order valence-electron chi connectivity index (χ4n) is 4.15. The van der Waals surface area contributed by atoms with Gasteiger partial charge in [-0.15, -0.1) is 0 Å². The lowest BCUT2D eigenvalue weighted by molar-refractivity contribution is 0.0952. The highest BCUT2D eigenvalue weighted by Crippen LogP contribution is 2.35. The zero-order chi connectivity index (χ0) is 25.1. The van der Waals surface area contributed by atoms with Gasteiger partial charge < -0.3 is 14.8 Å². The number of carbonyl (C=O) groups excluding carboxylic acids is 1. The normalized spacial score (nSPS) is 10.9. The van der Waals surface area contributed by atoms with Gasteiger partial charge in [-0.3, -0.25) is 9.89 Å². The van der Waals surface area contributed by atoms with E-state index in [1.165, 1.54) is 0 Å². The number of aromatic nitrogens is 3. The van der Waals surface area contributed by atoms with Gasteiger partial charge in [0.25, 0.3) is 5.91 Å². The Balaban J connectivity index is 1.63. The Morgan fingerprint density at radius 1 is 0.889 bits per heavy atom. The topological polar surface area (TPSA) is 89.1 Å². The summed E-state index contributed by atoms with van der Waals surface area (Å²) in [6.07, 6.45) is 0. The molecule has 2 heterocycles. The van der Waals surface area contributed by atoms with Crippen molar-refractivity contribution in [2.24, 2.45) is 0 Å².